The largest absolute Gasteiger partial charge is 0.481 e. The molecule has 1 aromatic carbocycles. The monoisotopic (exact) mass is 334 g/mol. The third-order valence-corrected chi connectivity index (χ3v) is 4.26. The molecule has 1 atom stereocenters. The summed E-state index contributed by atoms with van der Waals surface area (Å²) in [6.07, 6.45) is 1.23. The standard InChI is InChI=1S/C18H26N2O4/c1-2-9-20(12-11-19-10-8-16(13-19)17(21)22)18(23)24-14-15-6-4-3-5-7-15/h3-7,16H,2,8-14H2,1H3,(H,21,22). The fourth-order valence-corrected chi connectivity index (χ4v) is 2.87. The van der Waals surface area contributed by atoms with Crippen molar-refractivity contribution in [1.29, 1.82) is 0 Å². The van der Waals surface area contributed by atoms with Crippen LogP contribution in [0.1, 0.15) is 25.3 Å². The molecule has 1 saturated heterocycles. The lowest BCUT2D eigenvalue weighted by Gasteiger charge is -2.24. The fraction of sp³-hybridized carbons (Fsp3) is 0.556. The van der Waals surface area contributed by atoms with Gasteiger partial charge in [0.05, 0.1) is 5.92 Å². The summed E-state index contributed by atoms with van der Waals surface area (Å²) in [6, 6.07) is 9.61. The number of amides is 1. The highest BCUT2D eigenvalue weighted by Crippen LogP contribution is 2.16. The first-order valence-corrected chi connectivity index (χ1v) is 8.51. The summed E-state index contributed by atoms with van der Waals surface area (Å²) >= 11 is 0. The van der Waals surface area contributed by atoms with Crippen molar-refractivity contribution in [3.63, 3.8) is 0 Å². The van der Waals surface area contributed by atoms with E-state index in [1.54, 1.807) is 4.90 Å². The van der Waals surface area contributed by atoms with E-state index in [-0.39, 0.29) is 18.6 Å². The SMILES string of the molecule is CCCN(CCN1CCC(C(=O)O)C1)C(=O)OCc1ccccc1. The second-order valence-corrected chi connectivity index (χ2v) is 6.15. The lowest BCUT2D eigenvalue weighted by atomic mass is 10.1. The molecular formula is C18H26N2O4. The van der Waals surface area contributed by atoms with Crippen LogP contribution in [0, 0.1) is 5.92 Å². The highest BCUT2D eigenvalue weighted by Gasteiger charge is 2.28. The number of ether oxygens (including phenoxy) is 1. The maximum atomic E-state index is 12.3. The Kier molecular flexibility index (Phi) is 7.06. The van der Waals surface area contributed by atoms with Crippen LogP contribution in [0.25, 0.3) is 0 Å². The number of carbonyl (C=O) groups is 2. The molecule has 1 aliphatic rings. The van der Waals surface area contributed by atoms with Crippen LogP contribution < -0.4 is 0 Å². The van der Waals surface area contributed by atoms with E-state index in [9.17, 15) is 9.59 Å². The Labute approximate surface area is 143 Å². The van der Waals surface area contributed by atoms with Gasteiger partial charge in [0.2, 0.25) is 0 Å². The molecule has 2 rings (SSSR count). The summed E-state index contributed by atoms with van der Waals surface area (Å²) in [5.41, 5.74) is 0.964. The van der Waals surface area contributed by atoms with Gasteiger partial charge in [0.15, 0.2) is 0 Å². The van der Waals surface area contributed by atoms with E-state index in [1.165, 1.54) is 0 Å². The summed E-state index contributed by atoms with van der Waals surface area (Å²) in [5.74, 6) is -1.01. The fourth-order valence-electron chi connectivity index (χ4n) is 2.87. The van der Waals surface area contributed by atoms with Crippen LogP contribution in [0.4, 0.5) is 4.79 Å². The molecule has 0 aromatic heterocycles. The van der Waals surface area contributed by atoms with Crippen LogP contribution >= 0.6 is 0 Å². The van der Waals surface area contributed by atoms with Gasteiger partial charge in [-0.05, 0) is 24.9 Å². The van der Waals surface area contributed by atoms with Gasteiger partial charge in [0, 0.05) is 26.2 Å². The van der Waals surface area contributed by atoms with E-state index in [2.05, 4.69) is 4.90 Å². The van der Waals surface area contributed by atoms with E-state index in [4.69, 9.17) is 9.84 Å². The molecule has 0 saturated carbocycles. The Hall–Kier alpha value is -2.08. The van der Waals surface area contributed by atoms with Crippen LogP contribution in [0.5, 0.6) is 0 Å². The smallest absolute Gasteiger partial charge is 0.410 e. The van der Waals surface area contributed by atoms with E-state index in [1.807, 2.05) is 37.3 Å². The quantitative estimate of drug-likeness (QED) is 0.791. The first-order valence-electron chi connectivity index (χ1n) is 8.51. The van der Waals surface area contributed by atoms with E-state index in [0.717, 1.165) is 18.5 Å². The molecule has 1 aromatic rings. The molecule has 132 valence electrons. The van der Waals surface area contributed by atoms with Crippen LogP contribution in [0.2, 0.25) is 0 Å². The summed E-state index contributed by atoms with van der Waals surface area (Å²) in [7, 11) is 0. The Balaban J connectivity index is 1.78. The van der Waals surface area contributed by atoms with Gasteiger partial charge in [-0.2, -0.15) is 0 Å². The molecule has 1 aliphatic heterocycles. The highest BCUT2D eigenvalue weighted by molar-refractivity contribution is 5.70. The first-order chi connectivity index (χ1) is 11.6. The molecule has 6 heteroatoms. The predicted octanol–water partition coefficient (Wildman–Crippen LogP) is 2.44. The van der Waals surface area contributed by atoms with Crippen LogP contribution in [0.3, 0.4) is 0 Å². The molecule has 0 radical (unpaired) electrons. The Bertz CT molecular complexity index is 535. The van der Waals surface area contributed by atoms with Crippen molar-refractivity contribution in [1.82, 2.24) is 9.80 Å². The van der Waals surface area contributed by atoms with Gasteiger partial charge in [0.25, 0.3) is 0 Å². The highest BCUT2D eigenvalue weighted by atomic mass is 16.6. The maximum Gasteiger partial charge on any atom is 0.410 e. The average molecular weight is 334 g/mol. The van der Waals surface area contributed by atoms with Crippen molar-refractivity contribution in [2.24, 2.45) is 5.92 Å². The lowest BCUT2D eigenvalue weighted by molar-refractivity contribution is -0.141. The Morgan fingerprint density at radius 3 is 2.67 bits per heavy atom. The molecule has 24 heavy (non-hydrogen) atoms. The number of hydrogen-bond donors (Lipinski definition) is 1. The van der Waals surface area contributed by atoms with Gasteiger partial charge in [-0.3, -0.25) is 4.79 Å². The third kappa shape index (κ3) is 5.53. The van der Waals surface area contributed by atoms with Crippen molar-refractivity contribution in [3.05, 3.63) is 35.9 Å². The Morgan fingerprint density at radius 2 is 2.04 bits per heavy atom. The minimum absolute atomic E-state index is 0.269. The number of aliphatic carboxylic acids is 1. The predicted molar refractivity (Wildman–Crippen MR) is 90.7 cm³/mol. The molecule has 1 heterocycles. The zero-order valence-corrected chi connectivity index (χ0v) is 14.2. The molecule has 1 amide bonds. The number of nitrogens with zero attached hydrogens (tertiary/aromatic N) is 2. The van der Waals surface area contributed by atoms with E-state index in [0.29, 0.717) is 32.6 Å². The number of hydrogen-bond acceptors (Lipinski definition) is 4. The average Bonchev–Trinajstić information content (AvgIpc) is 3.06. The summed E-state index contributed by atoms with van der Waals surface area (Å²) in [5, 5.41) is 9.05. The molecule has 1 N–H and O–H groups in total. The second kappa shape index (κ2) is 9.27. The van der Waals surface area contributed by atoms with Crippen molar-refractivity contribution < 1.29 is 19.4 Å². The van der Waals surface area contributed by atoms with Gasteiger partial charge in [0.1, 0.15) is 6.61 Å². The van der Waals surface area contributed by atoms with Crippen molar-refractivity contribution in [2.45, 2.75) is 26.4 Å². The molecule has 1 fully saturated rings. The van der Waals surface area contributed by atoms with Crippen molar-refractivity contribution >= 4 is 12.1 Å². The van der Waals surface area contributed by atoms with Gasteiger partial charge in [-0.25, -0.2) is 4.79 Å². The summed E-state index contributed by atoms with van der Waals surface area (Å²) in [6.45, 7) is 5.52. The summed E-state index contributed by atoms with van der Waals surface area (Å²) < 4.78 is 5.39. The maximum absolute atomic E-state index is 12.3. The summed E-state index contributed by atoms with van der Waals surface area (Å²) in [4.78, 5) is 27.1. The van der Waals surface area contributed by atoms with Gasteiger partial charge >= 0.3 is 12.1 Å². The molecular weight excluding hydrogens is 308 g/mol. The number of carboxylic acid groups (broad SMARTS) is 1. The minimum Gasteiger partial charge on any atom is -0.481 e. The van der Waals surface area contributed by atoms with E-state index < -0.39 is 5.97 Å². The lowest BCUT2D eigenvalue weighted by Crippen LogP contribution is -2.39. The van der Waals surface area contributed by atoms with E-state index >= 15 is 0 Å². The number of rotatable bonds is 8. The molecule has 6 nitrogen and oxygen atoms in total. The van der Waals surface area contributed by atoms with Gasteiger partial charge in [-0.1, -0.05) is 37.3 Å². The molecule has 0 spiro atoms. The number of carboxylic acids is 1. The van der Waals surface area contributed by atoms with Crippen LogP contribution in [-0.2, 0) is 16.1 Å². The van der Waals surface area contributed by atoms with Gasteiger partial charge < -0.3 is 19.6 Å². The minimum atomic E-state index is -0.731. The van der Waals surface area contributed by atoms with Gasteiger partial charge in [-0.15, -0.1) is 0 Å². The zero-order chi connectivity index (χ0) is 17.4. The first kappa shape index (κ1) is 18.3. The van der Waals surface area contributed by atoms with Crippen molar-refractivity contribution in [3.8, 4) is 0 Å². The third-order valence-electron chi connectivity index (χ3n) is 4.26. The normalized spacial score (nSPS) is 17.6. The molecule has 0 bridgehead atoms. The molecule has 1 unspecified atom stereocenters. The number of likely N-dealkylation sites (tertiary alicyclic amines) is 1. The van der Waals surface area contributed by atoms with Crippen LogP contribution in [-0.4, -0.2) is 59.7 Å². The zero-order valence-electron chi connectivity index (χ0n) is 14.2. The van der Waals surface area contributed by atoms with Crippen LogP contribution in [0.15, 0.2) is 30.3 Å². The second-order valence-electron chi connectivity index (χ2n) is 6.15. The molecule has 0 aliphatic carbocycles. The Morgan fingerprint density at radius 1 is 1.29 bits per heavy atom. The number of carbonyl (C=O) groups excluding carboxylic acids is 1. The number of benzene rings is 1. The topological polar surface area (TPSA) is 70.1 Å². The van der Waals surface area contributed by atoms with Crippen molar-refractivity contribution in [2.75, 3.05) is 32.7 Å².